The van der Waals surface area contributed by atoms with E-state index >= 15 is 0 Å². The Bertz CT molecular complexity index is 1110. The van der Waals surface area contributed by atoms with Crippen molar-refractivity contribution in [2.45, 2.75) is 19.6 Å². The van der Waals surface area contributed by atoms with Crippen LogP contribution in [0.15, 0.2) is 48.2 Å². The van der Waals surface area contributed by atoms with Crippen LogP contribution in [0.3, 0.4) is 0 Å². The van der Waals surface area contributed by atoms with Gasteiger partial charge in [-0.3, -0.25) is 19.8 Å². The van der Waals surface area contributed by atoms with Gasteiger partial charge < -0.3 is 19.9 Å². The number of carboxylic acids is 1. The Hall–Kier alpha value is -4.41. The summed E-state index contributed by atoms with van der Waals surface area (Å²) in [5.41, 5.74) is 1.01. The molecule has 3 rings (SSSR count). The summed E-state index contributed by atoms with van der Waals surface area (Å²) < 4.78 is 10.6. The third-order valence-electron chi connectivity index (χ3n) is 4.60. The molecule has 0 bridgehead atoms. The number of carboxylic acid groups (broad SMARTS) is 1. The monoisotopic (exact) mass is 441 g/mol. The molecular weight excluding hydrogens is 422 g/mol. The van der Waals surface area contributed by atoms with Gasteiger partial charge in [-0.05, 0) is 36.3 Å². The number of methoxy groups -OCH3 is 1. The smallest absolute Gasteiger partial charge is 0.344 e. The van der Waals surface area contributed by atoms with Crippen LogP contribution < -0.4 is 14.8 Å². The summed E-state index contributed by atoms with van der Waals surface area (Å²) in [6.45, 7) is 1.33. The van der Waals surface area contributed by atoms with E-state index in [0.29, 0.717) is 11.1 Å². The fourth-order valence-electron chi connectivity index (χ4n) is 2.90. The van der Waals surface area contributed by atoms with Crippen molar-refractivity contribution in [2.75, 3.05) is 7.11 Å². The molecular formula is C21H19N3O8. The van der Waals surface area contributed by atoms with E-state index in [1.807, 2.05) is 0 Å². The molecule has 1 saturated heterocycles. The number of hydrogen-bond acceptors (Lipinski definition) is 7. The predicted molar refractivity (Wildman–Crippen MR) is 111 cm³/mol. The fourth-order valence-corrected chi connectivity index (χ4v) is 2.90. The molecule has 32 heavy (non-hydrogen) atoms. The standard InChI is InChI=1S/C21H19N3O8/c1-12(20(26)27)32-17-8-5-14(10-18(17)31-2)9-16-19(25)23(21(28)22-16)11-13-3-6-15(7-4-13)24(29)30/h3-10,12H,11H2,1-2H3,(H,22,28)(H,26,27)/b16-9-. The highest BCUT2D eigenvalue weighted by molar-refractivity contribution is 6.13. The molecule has 3 amide bonds. The van der Waals surface area contributed by atoms with E-state index in [-0.39, 0.29) is 29.4 Å². The van der Waals surface area contributed by atoms with Crippen LogP contribution in [0.5, 0.6) is 11.5 Å². The molecule has 0 spiro atoms. The van der Waals surface area contributed by atoms with Gasteiger partial charge in [0.1, 0.15) is 5.70 Å². The number of hydrogen-bond donors (Lipinski definition) is 2. The van der Waals surface area contributed by atoms with Crippen molar-refractivity contribution in [1.82, 2.24) is 10.2 Å². The number of nitro benzene ring substituents is 1. The van der Waals surface area contributed by atoms with Gasteiger partial charge in [0.15, 0.2) is 17.6 Å². The Kier molecular flexibility index (Phi) is 6.38. The molecule has 0 aromatic heterocycles. The Morgan fingerprint density at radius 1 is 1.22 bits per heavy atom. The van der Waals surface area contributed by atoms with E-state index in [4.69, 9.17) is 14.6 Å². The Labute approximate surface area is 182 Å². The van der Waals surface area contributed by atoms with Gasteiger partial charge >= 0.3 is 12.0 Å². The van der Waals surface area contributed by atoms with Crippen LogP contribution in [0.4, 0.5) is 10.5 Å². The van der Waals surface area contributed by atoms with E-state index in [0.717, 1.165) is 4.90 Å². The van der Waals surface area contributed by atoms with E-state index in [2.05, 4.69) is 5.32 Å². The predicted octanol–water partition coefficient (Wildman–Crippen LogP) is 2.55. The van der Waals surface area contributed by atoms with Gasteiger partial charge in [-0.1, -0.05) is 18.2 Å². The van der Waals surface area contributed by atoms with E-state index in [1.54, 1.807) is 6.07 Å². The van der Waals surface area contributed by atoms with Crippen LogP contribution in [0, 0.1) is 10.1 Å². The lowest BCUT2D eigenvalue weighted by atomic mass is 10.1. The van der Waals surface area contributed by atoms with Crippen molar-refractivity contribution >= 4 is 29.7 Å². The van der Waals surface area contributed by atoms with Crippen LogP contribution in [0.2, 0.25) is 0 Å². The second-order valence-electron chi connectivity index (χ2n) is 6.81. The third kappa shape index (κ3) is 4.83. The summed E-state index contributed by atoms with van der Waals surface area (Å²) in [5, 5.41) is 22.2. The maximum Gasteiger partial charge on any atom is 0.344 e. The molecule has 1 unspecified atom stereocenters. The molecule has 2 N–H and O–H groups in total. The zero-order chi connectivity index (χ0) is 23.4. The third-order valence-corrected chi connectivity index (χ3v) is 4.60. The van der Waals surface area contributed by atoms with Crippen LogP contribution in [-0.2, 0) is 16.1 Å². The number of nitro groups is 1. The number of nitrogens with zero attached hydrogens (tertiary/aromatic N) is 2. The fraction of sp³-hybridized carbons (Fsp3) is 0.190. The van der Waals surface area contributed by atoms with Crippen LogP contribution in [0.25, 0.3) is 6.08 Å². The number of amides is 3. The van der Waals surface area contributed by atoms with Crippen molar-refractivity contribution < 1.29 is 33.9 Å². The highest BCUT2D eigenvalue weighted by Crippen LogP contribution is 2.30. The molecule has 11 nitrogen and oxygen atoms in total. The van der Waals surface area contributed by atoms with Crippen molar-refractivity contribution in [1.29, 1.82) is 0 Å². The SMILES string of the molecule is COc1cc(/C=C2\NC(=O)N(Cc3ccc([N+](=O)[O-])cc3)C2=O)ccc1OC(C)C(=O)O. The lowest BCUT2D eigenvalue weighted by Crippen LogP contribution is -2.30. The minimum atomic E-state index is -1.13. The maximum absolute atomic E-state index is 12.7. The minimum absolute atomic E-state index is 0.0338. The first-order valence-electron chi connectivity index (χ1n) is 9.35. The molecule has 1 heterocycles. The Morgan fingerprint density at radius 3 is 2.50 bits per heavy atom. The van der Waals surface area contributed by atoms with Crippen LogP contribution >= 0.6 is 0 Å². The van der Waals surface area contributed by atoms with Gasteiger partial charge in [0.25, 0.3) is 11.6 Å². The summed E-state index contributed by atoms with van der Waals surface area (Å²) in [5.74, 6) is -1.23. The number of imide groups is 1. The highest BCUT2D eigenvalue weighted by atomic mass is 16.6. The summed E-state index contributed by atoms with van der Waals surface area (Å²) in [7, 11) is 1.39. The number of aliphatic carboxylic acids is 1. The molecule has 1 aliphatic rings. The molecule has 166 valence electrons. The lowest BCUT2D eigenvalue weighted by molar-refractivity contribution is -0.384. The van der Waals surface area contributed by atoms with Crippen molar-refractivity contribution in [3.8, 4) is 11.5 Å². The average Bonchev–Trinajstić information content (AvgIpc) is 3.02. The Balaban J connectivity index is 1.77. The number of ether oxygens (including phenoxy) is 2. The second kappa shape index (κ2) is 9.16. The van der Waals surface area contributed by atoms with Crippen LogP contribution in [-0.4, -0.2) is 46.1 Å². The molecule has 1 atom stereocenters. The van der Waals surface area contributed by atoms with Crippen molar-refractivity contribution in [3.63, 3.8) is 0 Å². The summed E-state index contributed by atoms with van der Waals surface area (Å²) >= 11 is 0. The number of benzene rings is 2. The zero-order valence-corrected chi connectivity index (χ0v) is 17.1. The van der Waals surface area contributed by atoms with E-state index < -0.39 is 28.9 Å². The van der Waals surface area contributed by atoms with E-state index in [1.165, 1.54) is 56.5 Å². The molecule has 2 aromatic rings. The van der Waals surface area contributed by atoms with Gasteiger partial charge in [0.2, 0.25) is 0 Å². The highest BCUT2D eigenvalue weighted by Gasteiger charge is 2.33. The van der Waals surface area contributed by atoms with Gasteiger partial charge in [0.05, 0.1) is 18.6 Å². The topological polar surface area (TPSA) is 148 Å². The molecule has 0 aliphatic carbocycles. The van der Waals surface area contributed by atoms with Crippen molar-refractivity contribution in [2.24, 2.45) is 0 Å². The van der Waals surface area contributed by atoms with Gasteiger partial charge in [-0.2, -0.15) is 0 Å². The number of carbonyl (C=O) groups excluding carboxylic acids is 2. The number of rotatable bonds is 8. The van der Waals surface area contributed by atoms with Crippen molar-refractivity contribution in [3.05, 3.63) is 69.4 Å². The number of non-ortho nitro benzene ring substituents is 1. The maximum atomic E-state index is 12.7. The molecule has 0 saturated carbocycles. The van der Waals surface area contributed by atoms with Gasteiger partial charge in [-0.15, -0.1) is 0 Å². The zero-order valence-electron chi connectivity index (χ0n) is 17.1. The van der Waals surface area contributed by atoms with Gasteiger partial charge in [0, 0.05) is 12.1 Å². The molecule has 2 aromatic carbocycles. The van der Waals surface area contributed by atoms with Gasteiger partial charge in [-0.25, -0.2) is 9.59 Å². The van der Waals surface area contributed by atoms with Crippen LogP contribution in [0.1, 0.15) is 18.1 Å². The minimum Gasteiger partial charge on any atom is -0.493 e. The Morgan fingerprint density at radius 2 is 1.91 bits per heavy atom. The first kappa shape index (κ1) is 22.3. The van der Waals surface area contributed by atoms with E-state index in [9.17, 15) is 24.5 Å². The number of nitrogens with one attached hydrogen (secondary N) is 1. The molecule has 1 fully saturated rings. The number of carbonyl (C=O) groups is 3. The quantitative estimate of drug-likeness (QED) is 0.275. The molecule has 0 radical (unpaired) electrons. The summed E-state index contributed by atoms with van der Waals surface area (Å²) in [6, 6.07) is 9.54. The average molecular weight is 441 g/mol. The molecule has 11 heteroatoms. The summed E-state index contributed by atoms with van der Waals surface area (Å²) in [6.07, 6.45) is 0.361. The second-order valence-corrected chi connectivity index (χ2v) is 6.81. The first-order chi connectivity index (χ1) is 15.2. The molecule has 1 aliphatic heterocycles. The lowest BCUT2D eigenvalue weighted by Gasteiger charge is -2.14. The largest absolute Gasteiger partial charge is 0.493 e. The normalized spacial score (nSPS) is 15.4. The first-order valence-corrected chi connectivity index (χ1v) is 9.35. The number of urea groups is 1. The summed E-state index contributed by atoms with van der Waals surface area (Å²) in [4.78, 5) is 47.1.